The predicted molar refractivity (Wildman–Crippen MR) is 71.6 cm³/mol. The van der Waals surface area contributed by atoms with E-state index >= 15 is 0 Å². The summed E-state index contributed by atoms with van der Waals surface area (Å²) in [5.41, 5.74) is 1.86. The first kappa shape index (κ1) is 12.9. The number of pyridine rings is 1. The van der Waals surface area contributed by atoms with Crippen LogP contribution in [0, 0.1) is 0 Å². The Labute approximate surface area is 110 Å². The van der Waals surface area contributed by atoms with Crippen LogP contribution in [-0.4, -0.2) is 22.7 Å². The van der Waals surface area contributed by atoms with Crippen LogP contribution in [0.5, 0.6) is 5.75 Å². The van der Waals surface area contributed by atoms with Crippen molar-refractivity contribution in [2.24, 2.45) is 0 Å². The van der Waals surface area contributed by atoms with E-state index in [1.165, 1.54) is 6.20 Å². The molecule has 2 aromatic rings. The van der Waals surface area contributed by atoms with Crippen LogP contribution in [0.15, 0.2) is 42.7 Å². The van der Waals surface area contributed by atoms with E-state index in [1.807, 2.05) is 0 Å². The number of hydrogen-bond acceptors (Lipinski definition) is 5. The fraction of sp³-hybridized carbons (Fsp3) is 0.143. The molecule has 1 heterocycles. The van der Waals surface area contributed by atoms with E-state index in [9.17, 15) is 9.90 Å². The van der Waals surface area contributed by atoms with Crippen LogP contribution in [0.2, 0.25) is 0 Å². The van der Waals surface area contributed by atoms with Gasteiger partial charge in [-0.3, -0.25) is 4.98 Å². The maximum absolute atomic E-state index is 11.6. The Kier molecular flexibility index (Phi) is 3.97. The summed E-state index contributed by atoms with van der Waals surface area (Å²) in [7, 11) is 0. The van der Waals surface area contributed by atoms with Crippen molar-refractivity contribution in [3.8, 4) is 5.75 Å². The van der Waals surface area contributed by atoms with Gasteiger partial charge in [0.15, 0.2) is 0 Å². The Morgan fingerprint density at radius 1 is 1.26 bits per heavy atom. The number of phenols is 1. The van der Waals surface area contributed by atoms with Gasteiger partial charge in [-0.2, -0.15) is 0 Å². The Bertz CT molecular complexity index is 567. The van der Waals surface area contributed by atoms with Gasteiger partial charge in [0, 0.05) is 11.9 Å². The Morgan fingerprint density at radius 3 is 2.68 bits per heavy atom. The predicted octanol–water partition coefficient (Wildman–Crippen LogP) is 2.71. The van der Waals surface area contributed by atoms with Crippen LogP contribution in [0.3, 0.4) is 0 Å². The maximum atomic E-state index is 11.6. The highest BCUT2D eigenvalue weighted by atomic mass is 16.5. The average molecular weight is 258 g/mol. The summed E-state index contributed by atoms with van der Waals surface area (Å²) in [5, 5.41) is 12.3. The van der Waals surface area contributed by atoms with Gasteiger partial charge in [0.25, 0.3) is 0 Å². The van der Waals surface area contributed by atoms with Crippen molar-refractivity contribution in [1.29, 1.82) is 0 Å². The summed E-state index contributed by atoms with van der Waals surface area (Å²) in [6.45, 7) is 2.08. The Morgan fingerprint density at radius 2 is 2.00 bits per heavy atom. The second kappa shape index (κ2) is 5.86. The highest BCUT2D eigenvalue weighted by Gasteiger charge is 2.07. The van der Waals surface area contributed by atoms with Crippen LogP contribution in [0.1, 0.15) is 17.3 Å². The number of phenolic OH excluding ortho intramolecular Hbond substituents is 1. The van der Waals surface area contributed by atoms with Crippen molar-refractivity contribution >= 4 is 17.3 Å². The average Bonchev–Trinajstić information content (AvgIpc) is 2.42. The summed E-state index contributed by atoms with van der Waals surface area (Å²) in [6, 6.07) is 8.27. The number of carbonyl (C=O) groups excluding carboxylic acids is 1. The number of benzene rings is 1. The van der Waals surface area contributed by atoms with Crippen LogP contribution in [0.25, 0.3) is 0 Å². The van der Waals surface area contributed by atoms with E-state index in [0.29, 0.717) is 17.9 Å². The van der Waals surface area contributed by atoms with Crippen molar-refractivity contribution in [2.45, 2.75) is 6.92 Å². The first-order valence-corrected chi connectivity index (χ1v) is 5.87. The molecule has 0 fully saturated rings. The SMILES string of the molecule is CCOC(=O)c1cncc(Nc2ccc(O)cc2)c1. The number of ether oxygens (including phenoxy) is 1. The topological polar surface area (TPSA) is 71.5 Å². The number of aromatic nitrogens is 1. The lowest BCUT2D eigenvalue weighted by Gasteiger charge is -2.07. The molecule has 0 amide bonds. The molecule has 0 atom stereocenters. The van der Waals surface area contributed by atoms with E-state index in [2.05, 4.69) is 10.3 Å². The normalized spacial score (nSPS) is 9.95. The number of nitrogens with zero attached hydrogens (tertiary/aromatic N) is 1. The fourth-order valence-corrected chi connectivity index (χ4v) is 1.55. The third-order valence-electron chi connectivity index (χ3n) is 2.41. The molecule has 2 rings (SSSR count). The van der Waals surface area contributed by atoms with Gasteiger partial charge >= 0.3 is 5.97 Å². The first-order valence-electron chi connectivity index (χ1n) is 5.87. The number of aromatic hydroxyl groups is 1. The Balaban J connectivity index is 2.15. The zero-order chi connectivity index (χ0) is 13.7. The quantitative estimate of drug-likeness (QED) is 0.651. The summed E-state index contributed by atoms with van der Waals surface area (Å²) < 4.78 is 4.91. The molecule has 2 N–H and O–H groups in total. The second-order valence-corrected chi connectivity index (χ2v) is 3.85. The zero-order valence-electron chi connectivity index (χ0n) is 10.5. The molecular weight excluding hydrogens is 244 g/mol. The van der Waals surface area contributed by atoms with Gasteiger partial charge in [0.1, 0.15) is 5.75 Å². The lowest BCUT2D eigenvalue weighted by atomic mass is 10.2. The zero-order valence-corrected chi connectivity index (χ0v) is 10.5. The molecule has 0 aliphatic rings. The van der Waals surface area contributed by atoms with Crippen LogP contribution >= 0.6 is 0 Å². The van der Waals surface area contributed by atoms with Crippen molar-refractivity contribution in [3.63, 3.8) is 0 Å². The molecule has 0 saturated heterocycles. The molecule has 5 nitrogen and oxygen atoms in total. The minimum atomic E-state index is -0.399. The highest BCUT2D eigenvalue weighted by molar-refractivity contribution is 5.90. The lowest BCUT2D eigenvalue weighted by molar-refractivity contribution is 0.0526. The van der Waals surface area contributed by atoms with Gasteiger partial charge < -0.3 is 15.2 Å². The van der Waals surface area contributed by atoms with E-state index in [4.69, 9.17) is 4.74 Å². The van der Waals surface area contributed by atoms with Crippen LogP contribution < -0.4 is 5.32 Å². The number of esters is 1. The van der Waals surface area contributed by atoms with Crippen molar-refractivity contribution in [1.82, 2.24) is 4.98 Å². The third kappa shape index (κ3) is 3.45. The molecule has 0 aliphatic heterocycles. The molecule has 0 saturated carbocycles. The molecule has 5 heteroatoms. The molecule has 0 aliphatic carbocycles. The fourth-order valence-electron chi connectivity index (χ4n) is 1.55. The largest absolute Gasteiger partial charge is 0.508 e. The summed E-state index contributed by atoms with van der Waals surface area (Å²) >= 11 is 0. The molecule has 19 heavy (non-hydrogen) atoms. The lowest BCUT2D eigenvalue weighted by Crippen LogP contribution is -2.05. The summed E-state index contributed by atoms with van der Waals surface area (Å²) in [6.07, 6.45) is 3.07. The molecule has 1 aromatic heterocycles. The number of rotatable bonds is 4. The molecule has 98 valence electrons. The third-order valence-corrected chi connectivity index (χ3v) is 2.41. The van der Waals surface area contributed by atoms with Gasteiger partial charge in [0.05, 0.1) is 24.1 Å². The van der Waals surface area contributed by atoms with Gasteiger partial charge in [-0.15, -0.1) is 0 Å². The Hall–Kier alpha value is -2.56. The van der Waals surface area contributed by atoms with E-state index in [0.717, 1.165) is 5.69 Å². The summed E-state index contributed by atoms with van der Waals surface area (Å²) in [4.78, 5) is 15.6. The molecule has 0 spiro atoms. The van der Waals surface area contributed by atoms with E-state index in [-0.39, 0.29) is 5.75 Å². The standard InChI is InChI=1S/C14H14N2O3/c1-2-19-14(18)10-7-12(9-15-8-10)16-11-3-5-13(17)6-4-11/h3-9,16-17H,2H2,1H3. The minimum Gasteiger partial charge on any atom is -0.508 e. The van der Waals surface area contributed by atoms with Gasteiger partial charge in [-0.25, -0.2) is 4.79 Å². The van der Waals surface area contributed by atoms with Crippen molar-refractivity contribution in [2.75, 3.05) is 11.9 Å². The monoisotopic (exact) mass is 258 g/mol. The van der Waals surface area contributed by atoms with Crippen LogP contribution in [-0.2, 0) is 4.74 Å². The molecular formula is C14H14N2O3. The smallest absolute Gasteiger partial charge is 0.339 e. The van der Waals surface area contributed by atoms with Crippen molar-refractivity contribution in [3.05, 3.63) is 48.3 Å². The van der Waals surface area contributed by atoms with Crippen molar-refractivity contribution < 1.29 is 14.6 Å². The van der Waals surface area contributed by atoms with Gasteiger partial charge in [-0.05, 0) is 37.3 Å². The van der Waals surface area contributed by atoms with E-state index < -0.39 is 5.97 Å². The number of carbonyl (C=O) groups is 1. The van der Waals surface area contributed by atoms with E-state index in [1.54, 1.807) is 43.5 Å². The van der Waals surface area contributed by atoms with Gasteiger partial charge in [-0.1, -0.05) is 0 Å². The molecule has 1 aromatic carbocycles. The second-order valence-electron chi connectivity index (χ2n) is 3.85. The molecule has 0 bridgehead atoms. The summed E-state index contributed by atoms with van der Waals surface area (Å²) in [5.74, 6) is -0.201. The van der Waals surface area contributed by atoms with Crippen LogP contribution in [0.4, 0.5) is 11.4 Å². The van der Waals surface area contributed by atoms with Gasteiger partial charge in [0.2, 0.25) is 0 Å². The maximum Gasteiger partial charge on any atom is 0.339 e. The highest BCUT2D eigenvalue weighted by Crippen LogP contribution is 2.19. The first-order chi connectivity index (χ1) is 9.19. The minimum absolute atomic E-state index is 0.198. The number of hydrogen-bond donors (Lipinski definition) is 2. The molecule has 0 radical (unpaired) electrons. The number of anilines is 2. The molecule has 0 unspecified atom stereocenters. The number of nitrogens with one attached hydrogen (secondary N) is 1.